The fourth-order valence-electron chi connectivity index (χ4n) is 4.18. The maximum absolute atomic E-state index is 4.99. The molecule has 4 heterocycles. The first-order valence-corrected chi connectivity index (χ1v) is 11.1. The van der Waals surface area contributed by atoms with Crippen molar-refractivity contribution in [1.29, 1.82) is 0 Å². The second kappa shape index (κ2) is 9.66. The van der Waals surface area contributed by atoms with E-state index in [1.807, 2.05) is 66.9 Å². The lowest BCUT2D eigenvalue weighted by Gasteiger charge is -2.32. The van der Waals surface area contributed by atoms with Gasteiger partial charge in [-0.25, -0.2) is 9.97 Å². The van der Waals surface area contributed by atoms with Gasteiger partial charge in [0.25, 0.3) is 0 Å². The number of hydrogen-bond acceptors (Lipinski definition) is 6. The molecule has 32 heavy (non-hydrogen) atoms. The number of anilines is 2. The van der Waals surface area contributed by atoms with Gasteiger partial charge in [0.2, 0.25) is 0 Å². The SMILES string of the molecule is c1ccc(Nc2cc(-c3ccncc3)nc([C@H]3CCCN(Cc4ccccn4)C3)n2)cc1. The number of pyridine rings is 2. The fraction of sp³-hybridized carbons (Fsp3) is 0.231. The average Bonchev–Trinajstić information content (AvgIpc) is 2.86. The van der Waals surface area contributed by atoms with Crippen LogP contribution in [0.3, 0.4) is 0 Å². The molecule has 0 unspecified atom stereocenters. The minimum atomic E-state index is 0.283. The maximum atomic E-state index is 4.99. The molecule has 1 atom stereocenters. The molecule has 1 aromatic carbocycles. The van der Waals surface area contributed by atoms with Crippen molar-refractivity contribution in [2.75, 3.05) is 18.4 Å². The van der Waals surface area contributed by atoms with Crippen LogP contribution in [0.2, 0.25) is 0 Å². The Morgan fingerprint density at radius 2 is 1.75 bits per heavy atom. The van der Waals surface area contributed by atoms with E-state index in [0.29, 0.717) is 0 Å². The molecular formula is C26H26N6. The summed E-state index contributed by atoms with van der Waals surface area (Å²) in [5, 5.41) is 3.45. The summed E-state index contributed by atoms with van der Waals surface area (Å²) in [7, 11) is 0. The zero-order chi connectivity index (χ0) is 21.6. The highest BCUT2D eigenvalue weighted by Gasteiger charge is 2.25. The monoisotopic (exact) mass is 422 g/mol. The van der Waals surface area contributed by atoms with E-state index in [2.05, 4.69) is 26.3 Å². The third-order valence-corrected chi connectivity index (χ3v) is 5.75. The second-order valence-corrected chi connectivity index (χ2v) is 8.12. The van der Waals surface area contributed by atoms with Crippen LogP contribution >= 0.6 is 0 Å². The Hall–Kier alpha value is -3.64. The highest BCUT2D eigenvalue weighted by Crippen LogP contribution is 2.29. The van der Waals surface area contributed by atoms with Gasteiger partial charge in [-0.3, -0.25) is 14.9 Å². The molecule has 0 saturated carbocycles. The van der Waals surface area contributed by atoms with Gasteiger partial charge in [-0.2, -0.15) is 0 Å². The van der Waals surface area contributed by atoms with Gasteiger partial charge in [0.15, 0.2) is 0 Å². The Morgan fingerprint density at radius 1 is 0.906 bits per heavy atom. The van der Waals surface area contributed by atoms with Crippen LogP contribution in [0.4, 0.5) is 11.5 Å². The van der Waals surface area contributed by atoms with Crippen molar-refractivity contribution >= 4 is 11.5 Å². The summed E-state index contributed by atoms with van der Waals surface area (Å²) in [4.78, 5) is 21.0. The molecule has 5 rings (SSSR count). The lowest BCUT2D eigenvalue weighted by molar-refractivity contribution is 0.194. The number of benzene rings is 1. The van der Waals surface area contributed by atoms with Crippen LogP contribution in [0.15, 0.2) is 85.3 Å². The second-order valence-electron chi connectivity index (χ2n) is 8.12. The molecule has 0 radical (unpaired) electrons. The zero-order valence-corrected chi connectivity index (χ0v) is 17.9. The van der Waals surface area contributed by atoms with E-state index in [0.717, 1.165) is 66.8 Å². The van der Waals surface area contributed by atoms with E-state index in [1.54, 1.807) is 12.4 Å². The summed E-state index contributed by atoms with van der Waals surface area (Å²) in [5.74, 6) is 1.99. The largest absolute Gasteiger partial charge is 0.340 e. The first-order chi connectivity index (χ1) is 15.8. The predicted octanol–water partition coefficient (Wildman–Crippen LogP) is 5.06. The van der Waals surface area contributed by atoms with Crippen LogP contribution < -0.4 is 5.32 Å². The van der Waals surface area contributed by atoms with Gasteiger partial charge < -0.3 is 5.32 Å². The molecule has 6 nitrogen and oxygen atoms in total. The van der Waals surface area contributed by atoms with Gasteiger partial charge in [0.1, 0.15) is 11.6 Å². The Morgan fingerprint density at radius 3 is 2.56 bits per heavy atom. The average molecular weight is 423 g/mol. The molecule has 0 spiro atoms. The lowest BCUT2D eigenvalue weighted by Crippen LogP contribution is -2.34. The van der Waals surface area contributed by atoms with E-state index in [1.165, 1.54) is 0 Å². The quantitative estimate of drug-likeness (QED) is 0.469. The van der Waals surface area contributed by atoms with Crippen LogP contribution in [0.1, 0.15) is 30.3 Å². The van der Waals surface area contributed by atoms with Crippen molar-refractivity contribution in [3.05, 3.63) is 96.8 Å². The molecule has 0 bridgehead atoms. The number of nitrogens with zero attached hydrogens (tertiary/aromatic N) is 5. The van der Waals surface area contributed by atoms with Crippen molar-refractivity contribution in [2.45, 2.75) is 25.3 Å². The molecule has 1 N–H and O–H groups in total. The zero-order valence-electron chi connectivity index (χ0n) is 17.9. The van der Waals surface area contributed by atoms with Crippen molar-refractivity contribution in [2.24, 2.45) is 0 Å². The molecule has 0 amide bonds. The van der Waals surface area contributed by atoms with Gasteiger partial charge in [0.05, 0.1) is 11.4 Å². The lowest BCUT2D eigenvalue weighted by atomic mass is 9.96. The highest BCUT2D eigenvalue weighted by molar-refractivity contribution is 5.65. The maximum Gasteiger partial charge on any atom is 0.135 e. The summed E-state index contributed by atoms with van der Waals surface area (Å²) in [6.07, 6.45) is 7.68. The van der Waals surface area contributed by atoms with E-state index >= 15 is 0 Å². The van der Waals surface area contributed by atoms with Crippen molar-refractivity contribution in [1.82, 2.24) is 24.8 Å². The molecule has 1 fully saturated rings. The molecule has 4 aromatic rings. The van der Waals surface area contributed by atoms with E-state index < -0.39 is 0 Å². The summed E-state index contributed by atoms with van der Waals surface area (Å²) >= 11 is 0. The molecule has 1 saturated heterocycles. The first-order valence-electron chi connectivity index (χ1n) is 11.1. The summed E-state index contributed by atoms with van der Waals surface area (Å²) in [6, 6.07) is 22.2. The molecular weight excluding hydrogens is 396 g/mol. The van der Waals surface area contributed by atoms with Crippen molar-refractivity contribution in [3.63, 3.8) is 0 Å². The Kier molecular flexibility index (Phi) is 6.12. The molecule has 0 aliphatic carbocycles. The number of para-hydroxylation sites is 1. The van der Waals surface area contributed by atoms with Gasteiger partial charge in [-0.05, 0) is 55.8 Å². The number of nitrogens with one attached hydrogen (secondary N) is 1. The fourth-order valence-corrected chi connectivity index (χ4v) is 4.18. The third-order valence-electron chi connectivity index (χ3n) is 5.75. The van der Waals surface area contributed by atoms with E-state index in [-0.39, 0.29) is 5.92 Å². The van der Waals surface area contributed by atoms with E-state index in [9.17, 15) is 0 Å². The first kappa shape index (κ1) is 20.3. The Bertz CT molecular complexity index is 1130. The van der Waals surface area contributed by atoms with Crippen LogP contribution in [-0.4, -0.2) is 37.9 Å². The van der Waals surface area contributed by atoms with Gasteiger partial charge in [-0.15, -0.1) is 0 Å². The van der Waals surface area contributed by atoms with Gasteiger partial charge in [0, 0.05) is 54.9 Å². The van der Waals surface area contributed by atoms with Crippen molar-refractivity contribution < 1.29 is 0 Å². The minimum absolute atomic E-state index is 0.283. The van der Waals surface area contributed by atoms with Crippen LogP contribution in [0, 0.1) is 0 Å². The number of hydrogen-bond donors (Lipinski definition) is 1. The Balaban J connectivity index is 1.43. The van der Waals surface area contributed by atoms with Gasteiger partial charge in [-0.1, -0.05) is 24.3 Å². The molecule has 1 aliphatic rings. The molecule has 1 aliphatic heterocycles. The topological polar surface area (TPSA) is 66.8 Å². The van der Waals surface area contributed by atoms with Crippen LogP contribution in [-0.2, 0) is 6.54 Å². The minimum Gasteiger partial charge on any atom is -0.340 e. The Labute approximate surface area is 188 Å². The molecule has 3 aromatic heterocycles. The molecule has 6 heteroatoms. The van der Waals surface area contributed by atoms with Crippen LogP contribution in [0.25, 0.3) is 11.3 Å². The highest BCUT2D eigenvalue weighted by atomic mass is 15.1. The van der Waals surface area contributed by atoms with Gasteiger partial charge >= 0.3 is 0 Å². The number of rotatable bonds is 6. The summed E-state index contributed by atoms with van der Waals surface area (Å²) in [6.45, 7) is 2.86. The van der Waals surface area contributed by atoms with E-state index in [4.69, 9.17) is 9.97 Å². The summed E-state index contributed by atoms with van der Waals surface area (Å²) < 4.78 is 0. The standard InChI is InChI=1S/C26H26N6/c1-2-8-22(9-3-1)29-25-17-24(20-11-14-27-15-12-20)30-26(31-25)21-7-6-16-32(18-21)19-23-10-4-5-13-28-23/h1-5,8-15,17,21H,6-7,16,18-19H2,(H,29,30,31)/t21-/m0/s1. The van der Waals surface area contributed by atoms with Crippen LogP contribution in [0.5, 0.6) is 0 Å². The summed E-state index contributed by atoms with van der Waals surface area (Å²) in [5.41, 5.74) is 4.07. The number of likely N-dealkylation sites (tertiary alicyclic amines) is 1. The number of aromatic nitrogens is 4. The predicted molar refractivity (Wildman–Crippen MR) is 126 cm³/mol. The normalized spacial score (nSPS) is 16.6. The molecule has 160 valence electrons. The third kappa shape index (κ3) is 4.98. The van der Waals surface area contributed by atoms with Crippen molar-refractivity contribution in [3.8, 4) is 11.3 Å². The number of piperidine rings is 1. The smallest absolute Gasteiger partial charge is 0.135 e.